The van der Waals surface area contributed by atoms with Gasteiger partial charge in [-0.05, 0) is 12.8 Å². The predicted molar refractivity (Wildman–Crippen MR) is 57.2 cm³/mol. The molecule has 0 aromatic rings. The van der Waals surface area contributed by atoms with Crippen LogP contribution in [0.25, 0.3) is 0 Å². The second kappa shape index (κ2) is 6.20. The van der Waals surface area contributed by atoms with Crippen molar-refractivity contribution in [2.24, 2.45) is 5.73 Å². The van der Waals surface area contributed by atoms with Crippen LogP contribution in [0.1, 0.15) is 26.7 Å². The van der Waals surface area contributed by atoms with Crippen molar-refractivity contribution in [3.63, 3.8) is 0 Å². The Hall–Kier alpha value is -0.820. The van der Waals surface area contributed by atoms with E-state index in [1.807, 2.05) is 0 Å². The number of hydrogen-bond donors (Lipinski definition) is 2. The number of nitrogens with zero attached hydrogens (tertiary/aromatic N) is 1. The fourth-order valence-corrected chi connectivity index (χ4v) is 1.46. The monoisotopic (exact) mass is 256 g/mol. The molecular weight excluding hydrogens is 237 g/mol. The summed E-state index contributed by atoms with van der Waals surface area (Å²) in [5, 5.41) is 8.69. The van der Waals surface area contributed by atoms with E-state index in [0.29, 0.717) is 4.90 Å². The molecule has 0 atom stereocenters. The van der Waals surface area contributed by atoms with E-state index in [9.17, 15) is 18.0 Å². The van der Waals surface area contributed by atoms with Crippen LogP contribution in [0.3, 0.4) is 0 Å². The number of aliphatic hydroxyl groups is 1. The maximum absolute atomic E-state index is 12.3. The molecule has 0 unspecified atom stereocenters. The smallest absolute Gasteiger partial charge is 0.395 e. The Morgan fingerprint density at radius 2 is 1.76 bits per heavy atom. The molecule has 7 heteroatoms. The lowest BCUT2D eigenvalue weighted by molar-refractivity contribution is -0.165. The molecule has 0 aliphatic rings. The third-order valence-electron chi connectivity index (χ3n) is 2.72. The molecule has 0 heterocycles. The van der Waals surface area contributed by atoms with E-state index >= 15 is 0 Å². The minimum absolute atomic E-state index is 0.252. The largest absolute Gasteiger partial charge is 0.406 e. The zero-order valence-corrected chi connectivity index (χ0v) is 10.0. The van der Waals surface area contributed by atoms with Gasteiger partial charge in [-0.3, -0.25) is 4.79 Å². The average Bonchev–Trinajstić information content (AvgIpc) is 2.24. The Labute approximate surface area is 98.6 Å². The van der Waals surface area contributed by atoms with Crippen molar-refractivity contribution in [3.8, 4) is 0 Å². The van der Waals surface area contributed by atoms with Crippen LogP contribution in [-0.4, -0.2) is 47.3 Å². The van der Waals surface area contributed by atoms with Gasteiger partial charge in [0, 0.05) is 6.54 Å². The molecule has 0 radical (unpaired) electrons. The lowest BCUT2D eigenvalue weighted by atomic mass is 9.92. The molecule has 0 saturated carbocycles. The Morgan fingerprint density at radius 3 is 2.06 bits per heavy atom. The minimum Gasteiger partial charge on any atom is -0.395 e. The van der Waals surface area contributed by atoms with Crippen LogP contribution in [-0.2, 0) is 4.79 Å². The van der Waals surface area contributed by atoms with Gasteiger partial charge in [-0.15, -0.1) is 0 Å². The number of aliphatic hydroxyl groups excluding tert-OH is 1. The van der Waals surface area contributed by atoms with Crippen LogP contribution in [0.2, 0.25) is 0 Å². The number of amides is 1. The van der Waals surface area contributed by atoms with Crippen LogP contribution in [0.5, 0.6) is 0 Å². The summed E-state index contributed by atoms with van der Waals surface area (Å²) >= 11 is 0. The Balaban J connectivity index is 4.87. The molecule has 0 aliphatic heterocycles. The molecular formula is C10H19F3N2O2. The Kier molecular flexibility index (Phi) is 5.91. The Morgan fingerprint density at radius 1 is 1.29 bits per heavy atom. The summed E-state index contributed by atoms with van der Waals surface area (Å²) in [6, 6.07) is 0. The van der Waals surface area contributed by atoms with Crippen molar-refractivity contribution in [3.05, 3.63) is 0 Å². The van der Waals surface area contributed by atoms with Crippen LogP contribution in [0.4, 0.5) is 13.2 Å². The number of alkyl halides is 3. The van der Waals surface area contributed by atoms with Gasteiger partial charge in [-0.1, -0.05) is 13.8 Å². The second-order valence-corrected chi connectivity index (χ2v) is 3.93. The summed E-state index contributed by atoms with van der Waals surface area (Å²) < 4.78 is 36.8. The van der Waals surface area contributed by atoms with Gasteiger partial charge < -0.3 is 15.7 Å². The van der Waals surface area contributed by atoms with Crippen molar-refractivity contribution in [1.82, 2.24) is 4.90 Å². The van der Waals surface area contributed by atoms with E-state index in [0.717, 1.165) is 0 Å². The molecule has 0 saturated heterocycles. The van der Waals surface area contributed by atoms with E-state index in [2.05, 4.69) is 0 Å². The maximum atomic E-state index is 12.3. The summed E-state index contributed by atoms with van der Waals surface area (Å²) in [6.07, 6.45) is -3.99. The van der Waals surface area contributed by atoms with Crippen molar-refractivity contribution >= 4 is 5.91 Å². The van der Waals surface area contributed by atoms with Gasteiger partial charge in [0.15, 0.2) is 0 Å². The molecule has 0 spiro atoms. The van der Waals surface area contributed by atoms with E-state index < -0.39 is 30.8 Å². The number of hydrogen-bond acceptors (Lipinski definition) is 3. The number of carbonyl (C=O) groups excluding carboxylic acids is 1. The van der Waals surface area contributed by atoms with E-state index in [4.69, 9.17) is 10.8 Å². The molecule has 0 fully saturated rings. The molecule has 0 aliphatic carbocycles. The van der Waals surface area contributed by atoms with Crippen molar-refractivity contribution in [2.45, 2.75) is 38.4 Å². The summed E-state index contributed by atoms with van der Waals surface area (Å²) in [4.78, 5) is 12.4. The molecule has 0 bridgehead atoms. The molecule has 1 amide bonds. The van der Waals surface area contributed by atoms with Gasteiger partial charge in [0.25, 0.3) is 0 Å². The first-order chi connectivity index (χ1) is 7.70. The second-order valence-electron chi connectivity index (χ2n) is 3.93. The first kappa shape index (κ1) is 16.2. The highest BCUT2D eigenvalue weighted by atomic mass is 19.4. The summed E-state index contributed by atoms with van der Waals surface area (Å²) in [7, 11) is 0. The predicted octanol–water partition coefficient (Wildman–Crippen LogP) is 0.887. The highest BCUT2D eigenvalue weighted by Crippen LogP contribution is 2.21. The highest BCUT2D eigenvalue weighted by molar-refractivity contribution is 5.86. The van der Waals surface area contributed by atoms with Crippen LogP contribution in [0, 0.1) is 0 Å². The number of nitrogens with two attached hydrogens (primary N) is 1. The van der Waals surface area contributed by atoms with Crippen LogP contribution >= 0.6 is 0 Å². The molecule has 0 aromatic carbocycles. The fraction of sp³-hybridized carbons (Fsp3) is 0.900. The van der Waals surface area contributed by atoms with E-state index in [1.54, 1.807) is 13.8 Å². The zero-order chi connectivity index (χ0) is 13.7. The lowest BCUT2D eigenvalue weighted by Gasteiger charge is -2.33. The maximum Gasteiger partial charge on any atom is 0.406 e. The van der Waals surface area contributed by atoms with E-state index in [1.165, 1.54) is 0 Å². The zero-order valence-electron chi connectivity index (χ0n) is 10.0. The van der Waals surface area contributed by atoms with Crippen LogP contribution < -0.4 is 5.73 Å². The average molecular weight is 256 g/mol. The van der Waals surface area contributed by atoms with Gasteiger partial charge in [0.05, 0.1) is 12.1 Å². The molecule has 0 aromatic heterocycles. The van der Waals surface area contributed by atoms with Gasteiger partial charge >= 0.3 is 6.18 Å². The number of carbonyl (C=O) groups is 1. The highest BCUT2D eigenvalue weighted by Gasteiger charge is 2.39. The first-order valence-electron chi connectivity index (χ1n) is 5.46. The normalized spacial score (nSPS) is 12.6. The summed E-state index contributed by atoms with van der Waals surface area (Å²) in [6.45, 7) is 1.02. The number of rotatable bonds is 6. The SMILES string of the molecule is CCC(N)(CC)C(=O)N(CCO)CC(F)(F)F. The third-order valence-corrected chi connectivity index (χ3v) is 2.72. The van der Waals surface area contributed by atoms with Gasteiger partial charge in [-0.25, -0.2) is 0 Å². The first-order valence-corrected chi connectivity index (χ1v) is 5.46. The molecule has 3 N–H and O–H groups in total. The topological polar surface area (TPSA) is 66.6 Å². The van der Waals surface area contributed by atoms with Gasteiger partial charge in [-0.2, -0.15) is 13.2 Å². The van der Waals surface area contributed by atoms with E-state index in [-0.39, 0.29) is 19.4 Å². The third kappa shape index (κ3) is 4.91. The lowest BCUT2D eigenvalue weighted by Crippen LogP contribution is -2.56. The molecule has 17 heavy (non-hydrogen) atoms. The van der Waals surface area contributed by atoms with Crippen molar-refractivity contribution in [1.29, 1.82) is 0 Å². The summed E-state index contributed by atoms with van der Waals surface area (Å²) in [5.41, 5.74) is 4.46. The van der Waals surface area contributed by atoms with Crippen LogP contribution in [0.15, 0.2) is 0 Å². The molecule has 0 rings (SSSR count). The fourth-order valence-electron chi connectivity index (χ4n) is 1.46. The standard InChI is InChI=1S/C10H19F3N2O2/c1-3-9(14,4-2)8(17)15(5-6-16)7-10(11,12)13/h16H,3-7,14H2,1-2H3. The number of halogens is 3. The van der Waals surface area contributed by atoms with Gasteiger partial charge in [0.2, 0.25) is 5.91 Å². The van der Waals surface area contributed by atoms with Crippen molar-refractivity contribution < 1.29 is 23.1 Å². The summed E-state index contributed by atoms with van der Waals surface area (Å²) in [5.74, 6) is -0.770. The molecule has 4 nitrogen and oxygen atoms in total. The minimum atomic E-state index is -4.49. The van der Waals surface area contributed by atoms with Gasteiger partial charge in [0.1, 0.15) is 6.54 Å². The van der Waals surface area contributed by atoms with Crippen molar-refractivity contribution in [2.75, 3.05) is 19.7 Å². The Bertz CT molecular complexity index is 252. The molecule has 102 valence electrons. The quantitative estimate of drug-likeness (QED) is 0.741.